The van der Waals surface area contributed by atoms with Gasteiger partial charge >= 0.3 is 0 Å². The van der Waals surface area contributed by atoms with Gasteiger partial charge in [0.1, 0.15) is 17.5 Å². The number of hydrogen-bond acceptors (Lipinski definition) is 4. The lowest BCUT2D eigenvalue weighted by Crippen LogP contribution is -2.42. The Labute approximate surface area is 170 Å². The van der Waals surface area contributed by atoms with Gasteiger partial charge in [0.25, 0.3) is 5.91 Å². The molecule has 1 atom stereocenters. The van der Waals surface area contributed by atoms with Crippen LogP contribution in [-0.4, -0.2) is 56.1 Å². The highest BCUT2D eigenvalue weighted by molar-refractivity contribution is 5.94. The number of benzene rings is 1. The summed E-state index contributed by atoms with van der Waals surface area (Å²) in [6.45, 7) is 4.21. The Balaban J connectivity index is 1.30. The molecule has 0 radical (unpaired) electrons. The molecule has 3 heterocycles. The van der Waals surface area contributed by atoms with Crippen molar-refractivity contribution in [1.29, 1.82) is 0 Å². The van der Waals surface area contributed by atoms with Gasteiger partial charge in [-0.05, 0) is 43.9 Å². The average molecular weight is 397 g/mol. The van der Waals surface area contributed by atoms with Gasteiger partial charge in [0.05, 0.1) is 6.54 Å². The van der Waals surface area contributed by atoms with E-state index in [2.05, 4.69) is 19.7 Å². The molecule has 0 spiro atoms. The molecular formula is C22H28FN5O. The van der Waals surface area contributed by atoms with Crippen molar-refractivity contribution in [3.8, 4) is 0 Å². The van der Waals surface area contributed by atoms with Gasteiger partial charge in [-0.3, -0.25) is 9.69 Å². The van der Waals surface area contributed by atoms with Gasteiger partial charge in [-0.2, -0.15) is 0 Å². The second-order valence-electron chi connectivity index (χ2n) is 8.64. The molecule has 7 heteroatoms. The summed E-state index contributed by atoms with van der Waals surface area (Å²) in [4.78, 5) is 17.3. The van der Waals surface area contributed by atoms with Crippen LogP contribution >= 0.6 is 0 Å². The van der Waals surface area contributed by atoms with Crippen LogP contribution in [-0.2, 0) is 13.1 Å². The van der Waals surface area contributed by atoms with E-state index in [0.717, 1.165) is 44.1 Å². The molecule has 1 saturated heterocycles. The second-order valence-corrected chi connectivity index (χ2v) is 8.64. The largest absolute Gasteiger partial charge is 0.338 e. The molecule has 2 aliphatic heterocycles. The molecule has 5 rings (SSSR count). The third kappa shape index (κ3) is 3.68. The number of likely N-dealkylation sites (tertiary alicyclic amines) is 1. The molecule has 1 unspecified atom stereocenters. The molecule has 154 valence electrons. The third-order valence-electron chi connectivity index (χ3n) is 6.80. The summed E-state index contributed by atoms with van der Waals surface area (Å²) in [6, 6.07) is 6.67. The summed E-state index contributed by atoms with van der Waals surface area (Å²) in [5, 5.41) is 9.06. The fraction of sp³-hybridized carbons (Fsp3) is 0.591. The van der Waals surface area contributed by atoms with E-state index in [9.17, 15) is 9.18 Å². The van der Waals surface area contributed by atoms with Crippen molar-refractivity contribution in [3.63, 3.8) is 0 Å². The number of hydrogen-bond donors (Lipinski definition) is 0. The fourth-order valence-corrected chi connectivity index (χ4v) is 5.26. The Morgan fingerprint density at radius 1 is 1.03 bits per heavy atom. The average Bonchev–Trinajstić information content (AvgIpc) is 3.43. The summed E-state index contributed by atoms with van der Waals surface area (Å²) in [5.74, 6) is 1.80. The predicted octanol–water partition coefficient (Wildman–Crippen LogP) is 3.20. The van der Waals surface area contributed by atoms with Crippen molar-refractivity contribution in [1.82, 2.24) is 24.6 Å². The lowest BCUT2D eigenvalue weighted by molar-refractivity contribution is 0.0701. The van der Waals surface area contributed by atoms with Gasteiger partial charge in [-0.15, -0.1) is 10.2 Å². The Kier molecular flexibility index (Phi) is 5.08. The number of aromatic nitrogens is 3. The normalized spacial score (nSPS) is 23.3. The van der Waals surface area contributed by atoms with Crippen LogP contribution in [0.25, 0.3) is 0 Å². The van der Waals surface area contributed by atoms with E-state index in [0.29, 0.717) is 24.7 Å². The second kappa shape index (κ2) is 7.86. The monoisotopic (exact) mass is 397 g/mol. The summed E-state index contributed by atoms with van der Waals surface area (Å²) in [7, 11) is 0. The molecule has 3 aliphatic rings. The molecule has 1 aliphatic carbocycles. The lowest BCUT2D eigenvalue weighted by Gasteiger charge is -2.35. The maximum atomic E-state index is 13.5. The van der Waals surface area contributed by atoms with Crippen molar-refractivity contribution < 1.29 is 9.18 Å². The number of nitrogens with zero attached hydrogens (tertiary/aromatic N) is 5. The molecule has 1 saturated carbocycles. The Morgan fingerprint density at radius 3 is 2.72 bits per heavy atom. The third-order valence-corrected chi connectivity index (χ3v) is 6.80. The predicted molar refractivity (Wildman–Crippen MR) is 107 cm³/mol. The van der Waals surface area contributed by atoms with E-state index in [-0.39, 0.29) is 17.6 Å². The van der Waals surface area contributed by atoms with Gasteiger partial charge in [-0.1, -0.05) is 18.9 Å². The number of amides is 1. The summed E-state index contributed by atoms with van der Waals surface area (Å²) in [5.41, 5.74) is 0.418. The smallest absolute Gasteiger partial charge is 0.253 e. The molecule has 0 N–H and O–H groups in total. The van der Waals surface area contributed by atoms with Crippen LogP contribution in [0.4, 0.5) is 4.39 Å². The van der Waals surface area contributed by atoms with Crippen LogP contribution in [0.15, 0.2) is 24.3 Å². The molecule has 2 fully saturated rings. The van der Waals surface area contributed by atoms with Crippen LogP contribution in [0, 0.1) is 5.82 Å². The number of fused-ring (bicyclic) bond motifs is 1. The maximum Gasteiger partial charge on any atom is 0.253 e. The van der Waals surface area contributed by atoms with E-state index in [1.807, 2.05) is 4.90 Å². The number of halogens is 1. The van der Waals surface area contributed by atoms with Gasteiger partial charge < -0.3 is 9.47 Å². The molecule has 29 heavy (non-hydrogen) atoms. The summed E-state index contributed by atoms with van der Waals surface area (Å²) >= 11 is 0. The Bertz CT molecular complexity index is 891. The quantitative estimate of drug-likeness (QED) is 0.798. The molecule has 1 amide bonds. The van der Waals surface area contributed by atoms with Gasteiger partial charge in [-0.25, -0.2) is 4.39 Å². The first-order valence-electron chi connectivity index (χ1n) is 10.9. The fourth-order valence-electron chi connectivity index (χ4n) is 5.26. The molecule has 1 aromatic heterocycles. The van der Waals surface area contributed by atoms with Crippen LogP contribution in [0.5, 0.6) is 0 Å². The van der Waals surface area contributed by atoms with E-state index in [1.165, 1.54) is 37.8 Å². The Morgan fingerprint density at radius 2 is 1.90 bits per heavy atom. The SMILES string of the molecule is O=C(c1cccc(F)c1)N1CCCC(c2nnc3n2CCN(C2CCCC2)C3)C1. The first-order valence-corrected chi connectivity index (χ1v) is 10.9. The first-order chi connectivity index (χ1) is 14.2. The summed E-state index contributed by atoms with van der Waals surface area (Å²) < 4.78 is 15.8. The molecular weight excluding hydrogens is 369 g/mol. The van der Waals surface area contributed by atoms with E-state index in [1.54, 1.807) is 12.1 Å². The van der Waals surface area contributed by atoms with Gasteiger partial charge in [0.2, 0.25) is 0 Å². The highest BCUT2D eigenvalue weighted by atomic mass is 19.1. The van der Waals surface area contributed by atoms with Crippen molar-refractivity contribution >= 4 is 5.91 Å². The van der Waals surface area contributed by atoms with E-state index < -0.39 is 0 Å². The maximum absolute atomic E-state index is 13.5. The van der Waals surface area contributed by atoms with Crippen LogP contribution < -0.4 is 0 Å². The number of carbonyl (C=O) groups is 1. The zero-order valence-electron chi connectivity index (χ0n) is 16.8. The lowest BCUT2D eigenvalue weighted by atomic mass is 9.96. The summed E-state index contributed by atoms with van der Waals surface area (Å²) in [6.07, 6.45) is 7.24. The van der Waals surface area contributed by atoms with Crippen LogP contribution in [0.2, 0.25) is 0 Å². The van der Waals surface area contributed by atoms with Crippen molar-refractivity contribution in [2.75, 3.05) is 19.6 Å². The van der Waals surface area contributed by atoms with Crippen LogP contribution in [0.1, 0.15) is 66.4 Å². The standard InChI is InChI=1S/C22H28FN5O/c23-18-7-3-5-16(13-18)22(29)27-10-4-6-17(14-27)21-25-24-20-15-26(11-12-28(20)21)19-8-1-2-9-19/h3,5,7,13,17,19H,1-2,4,6,8-12,14-15H2. The molecule has 6 nitrogen and oxygen atoms in total. The van der Waals surface area contributed by atoms with Crippen molar-refractivity contribution in [3.05, 3.63) is 47.3 Å². The number of piperidine rings is 1. The van der Waals surface area contributed by atoms with E-state index in [4.69, 9.17) is 0 Å². The first kappa shape index (κ1) is 18.7. The topological polar surface area (TPSA) is 54.3 Å². The van der Waals surface area contributed by atoms with Gasteiger partial charge in [0.15, 0.2) is 0 Å². The molecule has 0 bridgehead atoms. The Hall–Kier alpha value is -2.28. The van der Waals surface area contributed by atoms with Crippen molar-refractivity contribution in [2.45, 2.75) is 63.6 Å². The zero-order valence-corrected chi connectivity index (χ0v) is 16.8. The van der Waals surface area contributed by atoms with Crippen molar-refractivity contribution in [2.24, 2.45) is 0 Å². The van der Waals surface area contributed by atoms with Crippen LogP contribution in [0.3, 0.4) is 0 Å². The minimum absolute atomic E-state index is 0.0972. The number of carbonyl (C=O) groups excluding carboxylic acids is 1. The zero-order chi connectivity index (χ0) is 19.8. The number of rotatable bonds is 3. The minimum Gasteiger partial charge on any atom is -0.338 e. The minimum atomic E-state index is -0.372. The molecule has 2 aromatic rings. The highest BCUT2D eigenvalue weighted by Crippen LogP contribution is 2.30. The van der Waals surface area contributed by atoms with Gasteiger partial charge in [0, 0.05) is 43.7 Å². The molecule has 1 aromatic carbocycles. The van der Waals surface area contributed by atoms with E-state index >= 15 is 0 Å². The highest BCUT2D eigenvalue weighted by Gasteiger charge is 2.33.